The minimum absolute atomic E-state index is 0.0553. The molecule has 1 atom stereocenters. The molecule has 1 saturated heterocycles. The first-order valence-electron chi connectivity index (χ1n) is 9.09. The first-order valence-corrected chi connectivity index (χ1v) is 9.09. The molecule has 0 unspecified atom stereocenters. The lowest BCUT2D eigenvalue weighted by Crippen LogP contribution is -2.43. The quantitative estimate of drug-likeness (QED) is 0.621. The molecule has 1 aliphatic heterocycles. The zero-order valence-electron chi connectivity index (χ0n) is 14.9. The molecule has 3 rings (SSSR count). The molecule has 2 aromatic carbocycles. The lowest BCUT2D eigenvalue weighted by atomic mass is 9.97. The number of hydrogen-bond donors (Lipinski definition) is 2. The summed E-state index contributed by atoms with van der Waals surface area (Å²) in [5, 5.41) is 7.69. The Morgan fingerprint density at radius 1 is 1.04 bits per heavy atom. The topological polar surface area (TPSA) is 61.4 Å². The maximum absolute atomic E-state index is 12.1. The molecule has 2 amide bonds. The Bertz CT molecular complexity index is 791. The van der Waals surface area contributed by atoms with Gasteiger partial charge in [-0.2, -0.15) is 0 Å². The summed E-state index contributed by atoms with van der Waals surface area (Å²) in [5.74, 6) is -1.22. The highest BCUT2D eigenvalue weighted by molar-refractivity contribution is 6.35. The monoisotopic (exact) mass is 351 g/mol. The third-order valence-corrected chi connectivity index (χ3v) is 4.83. The number of fused-ring (bicyclic) bond motifs is 1. The van der Waals surface area contributed by atoms with Crippen molar-refractivity contribution in [2.24, 2.45) is 0 Å². The zero-order chi connectivity index (χ0) is 18.4. The Balaban J connectivity index is 1.80. The van der Waals surface area contributed by atoms with Crippen LogP contribution >= 0.6 is 0 Å². The van der Waals surface area contributed by atoms with Crippen LogP contribution in [-0.4, -0.2) is 42.9 Å². The lowest BCUT2D eigenvalue weighted by Gasteiger charge is -2.29. The number of nitrogens with zero attached hydrogens (tertiary/aromatic N) is 1. The van der Waals surface area contributed by atoms with Crippen LogP contribution in [0.5, 0.6) is 0 Å². The summed E-state index contributed by atoms with van der Waals surface area (Å²) in [6, 6.07) is 14.6. The predicted molar refractivity (Wildman–Crippen MR) is 104 cm³/mol. The average molecular weight is 351 g/mol. The van der Waals surface area contributed by atoms with E-state index in [9.17, 15) is 9.59 Å². The first kappa shape index (κ1) is 18.1. The molecule has 0 aromatic heterocycles. The molecule has 5 heteroatoms. The van der Waals surface area contributed by atoms with Crippen LogP contribution in [0.2, 0.25) is 0 Å². The fourth-order valence-electron chi connectivity index (χ4n) is 3.54. The van der Waals surface area contributed by atoms with Gasteiger partial charge in [-0.05, 0) is 42.3 Å². The zero-order valence-corrected chi connectivity index (χ0v) is 14.9. The minimum Gasteiger partial charge on any atom is -0.346 e. The van der Waals surface area contributed by atoms with Gasteiger partial charge in [0.25, 0.3) is 0 Å². The molecule has 5 nitrogen and oxygen atoms in total. The van der Waals surface area contributed by atoms with Crippen LogP contribution < -0.4 is 10.6 Å². The van der Waals surface area contributed by atoms with Crippen molar-refractivity contribution in [2.45, 2.75) is 18.9 Å². The van der Waals surface area contributed by atoms with E-state index in [1.54, 1.807) is 6.08 Å². The Morgan fingerprint density at radius 3 is 2.50 bits per heavy atom. The number of benzene rings is 2. The molecule has 0 bridgehead atoms. The Morgan fingerprint density at radius 2 is 1.73 bits per heavy atom. The van der Waals surface area contributed by atoms with E-state index in [1.807, 2.05) is 12.1 Å². The molecular formula is C21H25N3O2. The smallest absolute Gasteiger partial charge is 0.309 e. The van der Waals surface area contributed by atoms with Crippen molar-refractivity contribution in [3.05, 3.63) is 60.7 Å². The van der Waals surface area contributed by atoms with Gasteiger partial charge in [0.2, 0.25) is 0 Å². The second-order valence-electron chi connectivity index (χ2n) is 6.54. The molecule has 26 heavy (non-hydrogen) atoms. The highest BCUT2D eigenvalue weighted by Crippen LogP contribution is 2.30. The molecule has 2 aromatic rings. The molecular weight excluding hydrogens is 326 g/mol. The highest BCUT2D eigenvalue weighted by Gasteiger charge is 2.26. The number of hydrogen-bond acceptors (Lipinski definition) is 3. The maximum Gasteiger partial charge on any atom is 0.309 e. The molecule has 0 radical (unpaired) electrons. The summed E-state index contributed by atoms with van der Waals surface area (Å²) < 4.78 is 0. The van der Waals surface area contributed by atoms with Gasteiger partial charge in [-0.1, -0.05) is 48.5 Å². The summed E-state index contributed by atoms with van der Waals surface area (Å²) in [7, 11) is 0. The molecule has 0 aliphatic carbocycles. The van der Waals surface area contributed by atoms with Crippen molar-refractivity contribution in [1.29, 1.82) is 0 Å². The van der Waals surface area contributed by atoms with Crippen LogP contribution in [0, 0.1) is 0 Å². The van der Waals surface area contributed by atoms with E-state index < -0.39 is 11.8 Å². The van der Waals surface area contributed by atoms with Crippen molar-refractivity contribution in [2.75, 3.05) is 26.2 Å². The SMILES string of the molecule is C=CCNC(=O)C(=O)NC[C@H](c1cccc2ccccc12)N1CCCC1. The van der Waals surface area contributed by atoms with Crippen LogP contribution in [0.25, 0.3) is 10.8 Å². The molecule has 0 saturated carbocycles. The van der Waals surface area contributed by atoms with E-state index in [0.29, 0.717) is 6.54 Å². The molecule has 1 aliphatic rings. The summed E-state index contributed by atoms with van der Waals surface area (Å²) in [5.41, 5.74) is 1.19. The molecule has 2 N–H and O–H groups in total. The van der Waals surface area contributed by atoms with Crippen LogP contribution in [0.1, 0.15) is 24.4 Å². The van der Waals surface area contributed by atoms with E-state index in [1.165, 1.54) is 16.3 Å². The summed E-state index contributed by atoms with van der Waals surface area (Å²) in [6.45, 7) is 6.24. The average Bonchev–Trinajstić information content (AvgIpc) is 3.20. The number of carbonyl (C=O) groups is 2. The Labute approximate surface area is 154 Å². The van der Waals surface area contributed by atoms with Crippen molar-refractivity contribution >= 4 is 22.6 Å². The standard InChI is InChI=1S/C21H25N3O2/c1-2-12-22-20(25)21(26)23-15-19(24-13-5-6-14-24)18-11-7-9-16-8-3-4-10-17(16)18/h2-4,7-11,19H,1,5-6,12-15H2,(H,22,25)(H,23,26)/t19-/m1/s1. The number of amides is 2. The van der Waals surface area contributed by atoms with Gasteiger partial charge in [0.15, 0.2) is 0 Å². The van der Waals surface area contributed by atoms with Gasteiger partial charge in [-0.25, -0.2) is 0 Å². The van der Waals surface area contributed by atoms with E-state index in [-0.39, 0.29) is 12.6 Å². The van der Waals surface area contributed by atoms with Gasteiger partial charge in [0.05, 0.1) is 6.04 Å². The third kappa shape index (κ3) is 4.11. The number of likely N-dealkylation sites (tertiary alicyclic amines) is 1. The summed E-state index contributed by atoms with van der Waals surface area (Å²) in [6.07, 6.45) is 3.87. The third-order valence-electron chi connectivity index (χ3n) is 4.83. The molecule has 0 spiro atoms. The lowest BCUT2D eigenvalue weighted by molar-refractivity contribution is -0.139. The highest BCUT2D eigenvalue weighted by atomic mass is 16.2. The van der Waals surface area contributed by atoms with Gasteiger partial charge in [-0.15, -0.1) is 6.58 Å². The second kappa shape index (κ2) is 8.63. The first-order chi connectivity index (χ1) is 12.7. The fourth-order valence-corrected chi connectivity index (χ4v) is 3.54. The van der Waals surface area contributed by atoms with Crippen LogP contribution in [0.15, 0.2) is 55.1 Å². The van der Waals surface area contributed by atoms with Gasteiger partial charge in [-0.3, -0.25) is 14.5 Å². The van der Waals surface area contributed by atoms with Crippen LogP contribution in [0.4, 0.5) is 0 Å². The molecule has 1 fully saturated rings. The molecule has 136 valence electrons. The Kier molecular flexibility index (Phi) is 6.02. The summed E-state index contributed by atoms with van der Waals surface area (Å²) >= 11 is 0. The van der Waals surface area contributed by atoms with E-state index >= 15 is 0 Å². The van der Waals surface area contributed by atoms with E-state index in [2.05, 4.69) is 52.4 Å². The predicted octanol–water partition coefficient (Wildman–Crippen LogP) is 2.40. The van der Waals surface area contributed by atoms with E-state index in [0.717, 1.165) is 25.9 Å². The molecule has 1 heterocycles. The van der Waals surface area contributed by atoms with Crippen molar-refractivity contribution in [3.8, 4) is 0 Å². The minimum atomic E-state index is -0.622. The van der Waals surface area contributed by atoms with Crippen LogP contribution in [-0.2, 0) is 9.59 Å². The number of nitrogens with one attached hydrogen (secondary N) is 2. The maximum atomic E-state index is 12.1. The number of carbonyl (C=O) groups excluding carboxylic acids is 2. The second-order valence-corrected chi connectivity index (χ2v) is 6.54. The fraction of sp³-hybridized carbons (Fsp3) is 0.333. The van der Waals surface area contributed by atoms with Gasteiger partial charge in [0, 0.05) is 13.1 Å². The Hall–Kier alpha value is -2.66. The largest absolute Gasteiger partial charge is 0.346 e. The van der Waals surface area contributed by atoms with Gasteiger partial charge in [0.1, 0.15) is 0 Å². The van der Waals surface area contributed by atoms with Gasteiger partial charge >= 0.3 is 11.8 Å². The van der Waals surface area contributed by atoms with Crippen LogP contribution in [0.3, 0.4) is 0 Å². The van der Waals surface area contributed by atoms with E-state index in [4.69, 9.17) is 0 Å². The number of rotatable bonds is 6. The normalized spacial score (nSPS) is 15.5. The summed E-state index contributed by atoms with van der Waals surface area (Å²) in [4.78, 5) is 26.3. The van der Waals surface area contributed by atoms with Crippen molar-refractivity contribution in [3.63, 3.8) is 0 Å². The van der Waals surface area contributed by atoms with Crippen molar-refractivity contribution < 1.29 is 9.59 Å². The van der Waals surface area contributed by atoms with Gasteiger partial charge < -0.3 is 10.6 Å². The van der Waals surface area contributed by atoms with Crippen molar-refractivity contribution in [1.82, 2.24) is 15.5 Å².